The molecule has 0 bridgehead atoms. The Bertz CT molecular complexity index is 1110. The second kappa shape index (κ2) is 8.94. The summed E-state index contributed by atoms with van der Waals surface area (Å²) in [5, 5.41) is 0. The van der Waals surface area contributed by atoms with Crippen molar-refractivity contribution in [2.75, 3.05) is 0 Å². The van der Waals surface area contributed by atoms with E-state index in [1.165, 1.54) is 31.2 Å². The quantitative estimate of drug-likeness (QED) is 0.248. The molecule has 0 saturated heterocycles. The number of nitrogens with zero attached hydrogens (tertiary/aromatic N) is 2. The van der Waals surface area contributed by atoms with Crippen LogP contribution in [0, 0.1) is 12.8 Å². The fourth-order valence-corrected chi connectivity index (χ4v) is 3.28. The molecule has 0 N–H and O–H groups in total. The van der Waals surface area contributed by atoms with Crippen molar-refractivity contribution in [1.82, 2.24) is 9.55 Å². The molecule has 0 fully saturated rings. The molecule has 0 aliphatic rings. The van der Waals surface area contributed by atoms with E-state index < -0.39 is 59.7 Å². The maximum Gasteiger partial charge on any atom is 0.460 e. The average molecular weight is 546 g/mol. The van der Waals surface area contributed by atoms with Crippen molar-refractivity contribution in [3.8, 4) is 5.69 Å². The summed E-state index contributed by atoms with van der Waals surface area (Å²) >= 11 is 0. The van der Waals surface area contributed by atoms with Gasteiger partial charge in [0.25, 0.3) is 0 Å². The Hall–Kier alpha value is -2.81. The van der Waals surface area contributed by atoms with Crippen LogP contribution in [0.3, 0.4) is 0 Å². The third kappa shape index (κ3) is 4.11. The van der Waals surface area contributed by atoms with Crippen LogP contribution < -0.4 is 0 Å². The van der Waals surface area contributed by atoms with Gasteiger partial charge < -0.3 is 0 Å². The number of para-hydroxylation sites is 1. The van der Waals surface area contributed by atoms with Gasteiger partial charge in [0.05, 0.1) is 11.6 Å². The molecule has 3 nitrogen and oxygen atoms in total. The second-order valence-corrected chi connectivity index (χ2v) is 7.65. The molecule has 0 spiro atoms. The molecular formula is C20H15F13N2O. The van der Waals surface area contributed by atoms with Gasteiger partial charge in [-0.1, -0.05) is 25.1 Å². The number of benzene rings is 1. The molecule has 0 aliphatic carbocycles. The van der Waals surface area contributed by atoms with Gasteiger partial charge in [-0.2, -0.15) is 57.1 Å². The molecular weight excluding hydrogens is 531 g/mol. The van der Waals surface area contributed by atoms with Crippen LogP contribution in [-0.2, 0) is 0 Å². The number of aromatic nitrogens is 2. The lowest BCUT2D eigenvalue weighted by molar-refractivity contribution is -0.442. The van der Waals surface area contributed by atoms with Crippen LogP contribution in [0.15, 0.2) is 36.7 Å². The number of carbonyl (C=O) groups excluding carboxylic acids is 1. The third-order valence-electron chi connectivity index (χ3n) is 5.36. The maximum absolute atomic E-state index is 14.7. The van der Waals surface area contributed by atoms with Crippen LogP contribution in [0.4, 0.5) is 57.1 Å². The van der Waals surface area contributed by atoms with Gasteiger partial charge in [0.2, 0.25) is 5.78 Å². The van der Waals surface area contributed by atoms with Crippen molar-refractivity contribution in [2.45, 2.75) is 56.1 Å². The van der Waals surface area contributed by atoms with Crippen LogP contribution in [0.1, 0.15) is 29.5 Å². The van der Waals surface area contributed by atoms with Crippen LogP contribution in [0.5, 0.6) is 0 Å². The van der Waals surface area contributed by atoms with Crippen molar-refractivity contribution < 1.29 is 61.9 Å². The van der Waals surface area contributed by atoms with Gasteiger partial charge in [-0.25, -0.2) is 4.98 Å². The van der Waals surface area contributed by atoms with Gasteiger partial charge in [-0.05, 0) is 25.0 Å². The number of aryl methyl sites for hydroxylation is 1. The Balaban J connectivity index is 2.61. The van der Waals surface area contributed by atoms with Crippen LogP contribution in [0.2, 0.25) is 0 Å². The van der Waals surface area contributed by atoms with E-state index in [4.69, 9.17) is 0 Å². The van der Waals surface area contributed by atoms with Gasteiger partial charge in [0, 0.05) is 12.4 Å². The molecule has 0 unspecified atom stereocenters. The number of imidazole rings is 1. The predicted octanol–water partition coefficient (Wildman–Crippen LogP) is 7.13. The van der Waals surface area contributed by atoms with Crippen LogP contribution in [0.25, 0.3) is 5.69 Å². The Kier molecular flexibility index (Phi) is 7.30. The molecule has 16 heteroatoms. The molecule has 0 aliphatic heterocycles. The summed E-state index contributed by atoms with van der Waals surface area (Å²) in [6, 6.07) is 5.70. The number of hydrogen-bond donors (Lipinski definition) is 0. The minimum Gasteiger partial charge on any atom is -0.297 e. The fourth-order valence-electron chi connectivity index (χ4n) is 3.28. The van der Waals surface area contributed by atoms with Gasteiger partial charge in [-0.3, -0.25) is 9.36 Å². The molecule has 0 saturated carbocycles. The molecule has 0 amide bonds. The lowest BCUT2D eigenvalue weighted by Gasteiger charge is -2.41. The highest BCUT2D eigenvalue weighted by Crippen LogP contribution is 2.61. The van der Waals surface area contributed by atoms with Crippen LogP contribution in [-0.4, -0.2) is 51.1 Å². The highest BCUT2D eigenvalue weighted by molar-refractivity contribution is 5.96. The van der Waals surface area contributed by atoms with Gasteiger partial charge >= 0.3 is 35.8 Å². The first-order valence-electron chi connectivity index (χ1n) is 9.70. The zero-order valence-electron chi connectivity index (χ0n) is 18.0. The summed E-state index contributed by atoms with van der Waals surface area (Å²) in [5.74, 6) is -44.7. The summed E-state index contributed by atoms with van der Waals surface area (Å²) in [6.45, 7) is 2.04. The standard InChI is InChI=1S/C20H15F13N2O/c1-3-11(13(36)14-34-8-9-35(14)12-7-5-4-6-10(12)2)15(21,22)16(23,24)17(25,26)18(27,28)19(29,30)20(31,32)33/h4-9,11H,3H2,1-2H3/t11-/m1/s1. The normalized spacial score (nSPS) is 15.2. The highest BCUT2D eigenvalue weighted by Gasteiger charge is 2.91. The average Bonchev–Trinajstić information content (AvgIpc) is 3.22. The van der Waals surface area contributed by atoms with Crippen molar-refractivity contribution in [3.63, 3.8) is 0 Å². The molecule has 1 aromatic heterocycles. The zero-order chi connectivity index (χ0) is 28.1. The summed E-state index contributed by atoms with van der Waals surface area (Å²) in [4.78, 5) is 16.1. The Morgan fingerprint density at radius 1 is 0.833 bits per heavy atom. The number of alkyl halides is 13. The summed E-state index contributed by atoms with van der Waals surface area (Å²) in [6.07, 6.45) is -7.14. The Morgan fingerprint density at radius 3 is 1.81 bits per heavy atom. The molecule has 202 valence electrons. The minimum absolute atomic E-state index is 0.0879. The highest BCUT2D eigenvalue weighted by atomic mass is 19.4. The number of rotatable bonds is 9. The number of halogens is 13. The van der Waals surface area contributed by atoms with Gasteiger partial charge in [-0.15, -0.1) is 0 Å². The Labute approximate surface area is 193 Å². The van der Waals surface area contributed by atoms with E-state index in [1.54, 1.807) is 0 Å². The molecule has 1 heterocycles. The van der Waals surface area contributed by atoms with Crippen molar-refractivity contribution in [3.05, 3.63) is 48.0 Å². The van der Waals surface area contributed by atoms with E-state index in [0.717, 1.165) is 17.0 Å². The topological polar surface area (TPSA) is 34.9 Å². The lowest BCUT2D eigenvalue weighted by atomic mass is 9.83. The number of carbonyl (C=O) groups is 1. The first kappa shape index (κ1) is 29.4. The zero-order valence-corrected chi connectivity index (χ0v) is 18.0. The van der Waals surface area contributed by atoms with E-state index in [2.05, 4.69) is 4.98 Å². The number of ketones is 1. The monoisotopic (exact) mass is 546 g/mol. The largest absolute Gasteiger partial charge is 0.460 e. The van der Waals surface area contributed by atoms with Crippen molar-refractivity contribution in [1.29, 1.82) is 0 Å². The Morgan fingerprint density at radius 2 is 1.33 bits per heavy atom. The second-order valence-electron chi connectivity index (χ2n) is 7.65. The first-order chi connectivity index (χ1) is 16.1. The summed E-state index contributed by atoms with van der Waals surface area (Å²) in [5.41, 5.74) is 0.472. The van der Waals surface area contributed by atoms with E-state index in [1.807, 2.05) is 0 Å². The smallest absolute Gasteiger partial charge is 0.297 e. The van der Waals surface area contributed by atoms with Gasteiger partial charge in [0.15, 0.2) is 5.82 Å². The predicted molar refractivity (Wildman–Crippen MR) is 97.2 cm³/mol. The van der Waals surface area contributed by atoms with E-state index >= 15 is 0 Å². The minimum atomic E-state index is -8.04. The number of Topliss-reactive ketones (excluding diaryl/α,β-unsaturated/α-hetero) is 1. The molecule has 1 aromatic carbocycles. The summed E-state index contributed by atoms with van der Waals surface area (Å²) in [7, 11) is 0. The lowest BCUT2D eigenvalue weighted by Crippen LogP contribution is -2.71. The molecule has 1 atom stereocenters. The molecule has 2 aromatic rings. The SMILES string of the molecule is CC[C@H](C(=O)c1nccn1-c1ccccc1C)C(F)(F)C(F)(F)C(F)(F)C(F)(F)C(F)(F)C(F)(F)F. The van der Waals surface area contributed by atoms with Crippen molar-refractivity contribution >= 4 is 5.78 Å². The van der Waals surface area contributed by atoms with Gasteiger partial charge in [0.1, 0.15) is 0 Å². The number of hydrogen-bond acceptors (Lipinski definition) is 2. The first-order valence-corrected chi connectivity index (χ1v) is 9.70. The molecule has 36 heavy (non-hydrogen) atoms. The fraction of sp³-hybridized carbons (Fsp3) is 0.500. The van der Waals surface area contributed by atoms with E-state index in [-0.39, 0.29) is 5.69 Å². The van der Waals surface area contributed by atoms with Crippen molar-refractivity contribution in [2.24, 2.45) is 5.92 Å². The maximum atomic E-state index is 14.7. The summed E-state index contributed by atoms with van der Waals surface area (Å²) < 4.78 is 176. The third-order valence-corrected chi connectivity index (χ3v) is 5.36. The van der Waals surface area contributed by atoms with E-state index in [0.29, 0.717) is 12.5 Å². The van der Waals surface area contributed by atoms with E-state index in [9.17, 15) is 61.9 Å². The molecule has 2 rings (SSSR count). The van der Waals surface area contributed by atoms with Crippen LogP contribution >= 0.6 is 0 Å². The molecule has 0 radical (unpaired) electrons.